The fourth-order valence-electron chi connectivity index (χ4n) is 7.34. The molecule has 10 rings (SSSR count). The van der Waals surface area contributed by atoms with Gasteiger partial charge in [0.25, 0.3) is 11.8 Å². The first-order chi connectivity index (χ1) is 32.1. The van der Waals surface area contributed by atoms with E-state index >= 15 is 0 Å². The van der Waals surface area contributed by atoms with Crippen molar-refractivity contribution in [3.63, 3.8) is 0 Å². The van der Waals surface area contributed by atoms with E-state index in [0.29, 0.717) is 41.7 Å². The van der Waals surface area contributed by atoms with Crippen LogP contribution >= 0.6 is 57.5 Å². The summed E-state index contributed by atoms with van der Waals surface area (Å²) in [5.41, 5.74) is 11.3. The summed E-state index contributed by atoms with van der Waals surface area (Å²) in [6, 6.07) is 27.0. The van der Waals surface area contributed by atoms with E-state index in [1.54, 1.807) is 22.3 Å². The van der Waals surface area contributed by atoms with Crippen molar-refractivity contribution in [1.29, 1.82) is 0 Å². The molecule has 13 nitrogen and oxygen atoms in total. The number of benzene rings is 4. The van der Waals surface area contributed by atoms with Gasteiger partial charge in [0.2, 0.25) is 15.0 Å². The summed E-state index contributed by atoms with van der Waals surface area (Å²) >= 11 is 3.14. The van der Waals surface area contributed by atoms with E-state index in [4.69, 9.17) is 15.0 Å². The second kappa shape index (κ2) is 24.2. The normalized spacial score (nSPS) is 13.8. The predicted molar refractivity (Wildman–Crippen MR) is 277 cm³/mol. The number of para-hydroxylation sites is 2. The highest BCUT2D eigenvalue weighted by atomic mass is 36.0. The number of carbonyl (C=O) groups excluding carboxylic acids is 3. The Morgan fingerprint density at radius 1 is 0.841 bits per heavy atom. The number of rotatable bonds is 8. The van der Waals surface area contributed by atoms with Crippen molar-refractivity contribution < 1.29 is 42.2 Å². The van der Waals surface area contributed by atoms with Crippen LogP contribution in [0.15, 0.2) is 97.1 Å². The van der Waals surface area contributed by atoms with Crippen LogP contribution in [0.3, 0.4) is 0 Å². The Hall–Kier alpha value is -5.70. The first kappa shape index (κ1) is 54.2. The number of anilines is 3. The number of aromatic carboxylic acids is 1. The maximum absolute atomic E-state index is 13.9. The Morgan fingerprint density at radius 3 is 2.07 bits per heavy atom. The van der Waals surface area contributed by atoms with Gasteiger partial charge in [-0.3, -0.25) is 24.5 Å². The topological polar surface area (TPSA) is 202 Å². The van der Waals surface area contributed by atoms with Gasteiger partial charge in [-0.2, -0.15) is 17.9 Å². The molecule has 2 amide bonds. The quantitative estimate of drug-likeness (QED) is 0.0373. The van der Waals surface area contributed by atoms with Crippen LogP contribution in [0.5, 0.6) is 0 Å². The van der Waals surface area contributed by atoms with Crippen LogP contribution in [0.2, 0.25) is 0 Å². The fourth-order valence-corrected chi connectivity index (χ4v) is 9.68. The number of fused-ring (bicyclic) bond motifs is 6. The number of halogens is 4. The van der Waals surface area contributed by atoms with Gasteiger partial charge >= 0.3 is 11.7 Å². The molecule has 0 spiro atoms. The van der Waals surface area contributed by atoms with Gasteiger partial charge in [-0.1, -0.05) is 43.8 Å². The zero-order valence-corrected chi connectivity index (χ0v) is 40.7. The summed E-state index contributed by atoms with van der Waals surface area (Å²) in [5.74, 6) is -2.37. The van der Waals surface area contributed by atoms with E-state index in [1.165, 1.54) is 58.0 Å². The number of amides is 2. The number of carboxylic acid groups (broad SMARTS) is 1. The predicted octanol–water partition coefficient (Wildman–Crippen LogP) is 11.8. The van der Waals surface area contributed by atoms with Crippen LogP contribution in [0.1, 0.15) is 90.7 Å². The van der Waals surface area contributed by atoms with Crippen LogP contribution < -0.4 is 21.3 Å². The first-order valence-corrected chi connectivity index (χ1v) is 25.3. The van der Waals surface area contributed by atoms with Gasteiger partial charge in [-0.25, -0.2) is 13.4 Å². The fraction of sp³-hybridized carbons (Fsp3) is 0.250. The molecule has 4 aliphatic rings. The Labute approximate surface area is 423 Å². The van der Waals surface area contributed by atoms with E-state index in [-0.39, 0.29) is 49.6 Å². The molecule has 5 N–H and O–H groups in total. The van der Waals surface area contributed by atoms with Crippen LogP contribution in [0, 0.1) is 27.7 Å². The number of Topliss-reactive ketones (excluding diaryl/α,β-unsaturated/α-hetero) is 1. The second-order valence-electron chi connectivity index (χ2n) is 15.8. The molecule has 2 aliphatic carbocycles. The molecule has 69 heavy (non-hydrogen) atoms. The van der Waals surface area contributed by atoms with Gasteiger partial charge in [-0.05, 0) is 110 Å². The molecule has 2 fully saturated rings. The van der Waals surface area contributed by atoms with E-state index in [9.17, 15) is 38.1 Å². The lowest BCUT2D eigenvalue weighted by atomic mass is 10.1. The molecule has 0 saturated heterocycles. The van der Waals surface area contributed by atoms with Gasteiger partial charge in [0.05, 0.1) is 31.6 Å². The summed E-state index contributed by atoms with van der Waals surface area (Å²) in [7, 11) is 7.36. The Bertz CT molecular complexity index is 2910. The molecule has 0 unspecified atom stereocenters. The number of hydrogen-bond acceptors (Lipinski definition) is 11. The van der Waals surface area contributed by atoms with E-state index in [1.807, 2.05) is 30.3 Å². The second-order valence-corrected chi connectivity index (χ2v) is 20.5. The maximum atomic E-state index is 13.9. The van der Waals surface area contributed by atoms with E-state index < -0.39 is 37.4 Å². The Kier molecular flexibility index (Phi) is 19.0. The number of nitrogens with zero attached hydrogens (tertiary/aromatic N) is 2. The minimum absolute atomic E-state index is 0. The number of nitrogens with two attached hydrogens (primary N) is 1. The molecule has 0 atom stereocenters. The zero-order chi connectivity index (χ0) is 47.9. The standard InChI is InChI=1S/C23H20FN3O2S.C17H17NOS.C7H4FNO4.CH4.Cl2OS.H2S/c24-17-11-14(5-8-18(17)25)23(29)27-10-9-13-12-20(22(28)26-15-6-7-15)30-21(13)16-3-1-2-4-19(16)27;19-15(9-11-5-6-11)16-10-12-7-8-18-14-4-2-1-3-13(14)17(12)20-16;8-5-3-4(7(10)11)1-2-6(5)9(12)13;;1-4(2)3;/h1-5,8,11-12,15H,6-7,9-10,25H2,(H,26,28);1-4,10-11,18H,5-9H2;1-3H,(H,10,11);1H4;;1H2. The molecule has 2 aliphatic heterocycles. The summed E-state index contributed by atoms with van der Waals surface area (Å²) < 4.78 is 35.8. The number of nitro groups is 1. The summed E-state index contributed by atoms with van der Waals surface area (Å²) in [4.78, 5) is 63.2. The molecule has 21 heteroatoms. The molecular formula is C48H47Cl2F2N5O8S4. The highest BCUT2D eigenvalue weighted by molar-refractivity contribution is 8.26. The molecule has 2 aromatic heterocycles. The third-order valence-corrected chi connectivity index (χ3v) is 13.5. The molecule has 0 radical (unpaired) electrons. The number of nitrogen functional groups attached to an aromatic ring is 1. The van der Waals surface area contributed by atoms with Crippen LogP contribution in [-0.4, -0.2) is 56.9 Å². The molecule has 0 bridgehead atoms. The summed E-state index contributed by atoms with van der Waals surface area (Å²) in [6.07, 6.45) is 6.93. The molecule has 4 aromatic carbocycles. The van der Waals surface area contributed by atoms with Gasteiger partial charge in [0.15, 0.2) is 5.78 Å². The smallest absolute Gasteiger partial charge is 0.335 e. The Balaban J connectivity index is 0.000000197. The number of nitro benzene ring substituents is 1. The lowest BCUT2D eigenvalue weighted by Gasteiger charge is -2.23. The SMILES string of the molecule is C.Nc1ccc(C(=O)N2CCc3cc(C(=O)NC4CC4)sc3-c3ccccc32)cc1F.O=C(CC1CC1)c1cc2c(s1)-c1ccccc1NCC2.O=C(O)c1ccc([N+](=O)[O-])c(F)c1.O=S(Cl)Cl.S. The minimum Gasteiger partial charge on any atom is -0.478 e. The number of hydrogen-bond donors (Lipinski definition) is 4. The molecule has 2 saturated carbocycles. The van der Waals surface area contributed by atoms with Gasteiger partial charge in [0.1, 0.15) is 5.82 Å². The minimum atomic E-state index is -1.67. The molecule has 4 heterocycles. The van der Waals surface area contributed by atoms with Crippen molar-refractivity contribution in [2.75, 3.05) is 29.0 Å². The maximum Gasteiger partial charge on any atom is 0.335 e. The van der Waals surface area contributed by atoms with Crippen LogP contribution in [-0.2, 0) is 22.1 Å². The highest BCUT2D eigenvalue weighted by Crippen LogP contribution is 2.43. The molecular weight excluding hydrogens is 1010 g/mol. The zero-order valence-electron chi connectivity index (χ0n) is 35.8. The largest absolute Gasteiger partial charge is 0.478 e. The average molecular weight is 1060 g/mol. The van der Waals surface area contributed by atoms with Crippen molar-refractivity contribution in [2.45, 2.75) is 58.4 Å². The van der Waals surface area contributed by atoms with E-state index in [0.717, 1.165) is 70.9 Å². The van der Waals surface area contributed by atoms with Crippen molar-refractivity contribution >= 4 is 113 Å². The number of carbonyl (C=O) groups is 4. The highest BCUT2D eigenvalue weighted by Gasteiger charge is 2.30. The van der Waals surface area contributed by atoms with Crippen molar-refractivity contribution in [2.24, 2.45) is 5.92 Å². The lowest BCUT2D eigenvalue weighted by molar-refractivity contribution is -0.387. The van der Waals surface area contributed by atoms with Crippen molar-refractivity contribution in [3.05, 3.63) is 151 Å². The third kappa shape index (κ3) is 14.0. The number of ketones is 1. The van der Waals surface area contributed by atoms with Crippen molar-refractivity contribution in [3.8, 4) is 20.9 Å². The number of carboxylic acids is 1. The number of nitrogens with one attached hydrogen (secondary N) is 2. The molecule has 6 aromatic rings. The van der Waals surface area contributed by atoms with Gasteiger partial charge in [-0.15, -0.1) is 22.7 Å². The Morgan fingerprint density at radius 2 is 1.43 bits per heavy atom. The van der Waals surface area contributed by atoms with Crippen molar-refractivity contribution in [1.82, 2.24) is 5.32 Å². The average Bonchev–Trinajstić information content (AvgIpc) is 4.23. The first-order valence-electron chi connectivity index (χ1n) is 20.9. The van der Waals surface area contributed by atoms with Gasteiger partial charge in [0, 0.05) is 85.1 Å². The van der Waals surface area contributed by atoms with Gasteiger partial charge < -0.3 is 26.4 Å². The van der Waals surface area contributed by atoms with Crippen LogP contribution in [0.4, 0.5) is 31.5 Å². The molecule has 364 valence electrons. The number of thiophene rings is 2. The van der Waals surface area contributed by atoms with Crippen LogP contribution in [0.25, 0.3) is 20.9 Å². The monoisotopic (exact) mass is 1060 g/mol. The van der Waals surface area contributed by atoms with E-state index in [2.05, 4.69) is 62.3 Å². The third-order valence-electron chi connectivity index (χ3n) is 11.0. The summed E-state index contributed by atoms with van der Waals surface area (Å²) in [5, 5.41) is 25.0. The summed E-state index contributed by atoms with van der Waals surface area (Å²) in [6.45, 7) is 1.38. The lowest BCUT2D eigenvalue weighted by Crippen LogP contribution is -2.32.